The zero-order valence-corrected chi connectivity index (χ0v) is 11.2. The summed E-state index contributed by atoms with van der Waals surface area (Å²) in [5, 5.41) is 2.22. The third-order valence-corrected chi connectivity index (χ3v) is 3.08. The van der Waals surface area contributed by atoms with Gasteiger partial charge < -0.3 is 9.64 Å². The third kappa shape index (κ3) is 2.16. The maximum atomic E-state index is 11.6. The summed E-state index contributed by atoms with van der Waals surface area (Å²) in [4.78, 5) is 13.6. The van der Waals surface area contributed by atoms with Gasteiger partial charge in [-0.1, -0.05) is 6.07 Å². The van der Waals surface area contributed by atoms with Crippen molar-refractivity contribution in [3.8, 4) is 0 Å². The average molecular weight is 243 g/mol. The number of esters is 1. The molecule has 2 rings (SSSR count). The second-order valence-corrected chi connectivity index (χ2v) is 4.58. The van der Waals surface area contributed by atoms with Crippen molar-refractivity contribution in [2.75, 3.05) is 26.1 Å². The Kier molecular flexibility index (Phi) is 3.24. The fraction of sp³-hybridized carbons (Fsp3) is 0.267. The van der Waals surface area contributed by atoms with E-state index in [-0.39, 0.29) is 5.97 Å². The largest absolute Gasteiger partial charge is 0.465 e. The number of anilines is 1. The molecule has 0 spiro atoms. The first kappa shape index (κ1) is 12.4. The van der Waals surface area contributed by atoms with Crippen LogP contribution >= 0.6 is 0 Å². The summed E-state index contributed by atoms with van der Waals surface area (Å²) in [7, 11) is 5.43. The summed E-state index contributed by atoms with van der Waals surface area (Å²) >= 11 is 0. The zero-order valence-electron chi connectivity index (χ0n) is 11.2. The Hall–Kier alpha value is -2.03. The van der Waals surface area contributed by atoms with Crippen molar-refractivity contribution >= 4 is 22.4 Å². The first-order chi connectivity index (χ1) is 8.52. The van der Waals surface area contributed by atoms with E-state index in [2.05, 4.69) is 11.0 Å². The maximum Gasteiger partial charge on any atom is 0.337 e. The average Bonchev–Trinajstić information content (AvgIpc) is 2.37. The van der Waals surface area contributed by atoms with E-state index in [4.69, 9.17) is 4.74 Å². The van der Waals surface area contributed by atoms with Gasteiger partial charge in [0.05, 0.1) is 12.7 Å². The highest BCUT2D eigenvalue weighted by Gasteiger charge is 2.09. The van der Waals surface area contributed by atoms with E-state index in [1.54, 1.807) is 0 Å². The summed E-state index contributed by atoms with van der Waals surface area (Å²) in [6.45, 7) is 2.01. The molecule has 0 radical (unpaired) electrons. The van der Waals surface area contributed by atoms with E-state index < -0.39 is 0 Å². The smallest absolute Gasteiger partial charge is 0.337 e. The molecule has 0 amide bonds. The van der Waals surface area contributed by atoms with Crippen molar-refractivity contribution in [1.82, 2.24) is 0 Å². The van der Waals surface area contributed by atoms with E-state index in [1.165, 1.54) is 7.11 Å². The van der Waals surface area contributed by atoms with Gasteiger partial charge in [-0.05, 0) is 47.5 Å². The van der Waals surface area contributed by atoms with Gasteiger partial charge in [-0.25, -0.2) is 4.79 Å². The number of hydrogen-bond acceptors (Lipinski definition) is 3. The molecule has 0 aliphatic heterocycles. The van der Waals surface area contributed by atoms with Crippen LogP contribution in [0.5, 0.6) is 0 Å². The number of hydrogen-bond donors (Lipinski definition) is 0. The Labute approximate surface area is 107 Å². The van der Waals surface area contributed by atoms with Crippen LogP contribution in [0.2, 0.25) is 0 Å². The molecule has 0 saturated carbocycles. The quantitative estimate of drug-likeness (QED) is 0.759. The Bertz CT molecular complexity index is 603. The van der Waals surface area contributed by atoms with Crippen LogP contribution in [-0.2, 0) is 4.74 Å². The molecule has 0 aliphatic rings. The normalized spacial score (nSPS) is 10.4. The van der Waals surface area contributed by atoms with E-state index in [0.29, 0.717) is 5.56 Å². The summed E-state index contributed by atoms with van der Waals surface area (Å²) in [6, 6.07) is 9.94. The van der Waals surface area contributed by atoms with E-state index in [1.807, 2.05) is 45.3 Å². The van der Waals surface area contributed by atoms with Crippen LogP contribution in [0, 0.1) is 6.92 Å². The number of carbonyl (C=O) groups is 1. The van der Waals surface area contributed by atoms with Gasteiger partial charge in [0, 0.05) is 19.8 Å². The molecular formula is C15H17NO2. The summed E-state index contributed by atoms with van der Waals surface area (Å²) in [5.41, 5.74) is 2.83. The van der Waals surface area contributed by atoms with E-state index in [0.717, 1.165) is 22.0 Å². The van der Waals surface area contributed by atoms with Crippen LogP contribution in [0.3, 0.4) is 0 Å². The fourth-order valence-corrected chi connectivity index (χ4v) is 2.05. The van der Waals surface area contributed by atoms with Gasteiger partial charge in [0.2, 0.25) is 0 Å². The molecule has 0 aliphatic carbocycles. The molecule has 0 bridgehead atoms. The van der Waals surface area contributed by atoms with Crippen molar-refractivity contribution in [1.29, 1.82) is 0 Å². The Morgan fingerprint density at radius 2 is 1.89 bits per heavy atom. The minimum absolute atomic E-state index is 0.295. The summed E-state index contributed by atoms with van der Waals surface area (Å²) in [6.07, 6.45) is 0. The SMILES string of the molecule is COC(=O)c1cc(C)c2cc(N(C)C)ccc2c1. The number of benzene rings is 2. The molecule has 2 aromatic rings. The number of ether oxygens (including phenoxy) is 1. The lowest BCUT2D eigenvalue weighted by molar-refractivity contribution is 0.0601. The first-order valence-corrected chi connectivity index (χ1v) is 5.83. The molecule has 3 nitrogen and oxygen atoms in total. The number of nitrogens with zero attached hydrogens (tertiary/aromatic N) is 1. The predicted octanol–water partition coefficient (Wildman–Crippen LogP) is 3.00. The van der Waals surface area contributed by atoms with Gasteiger partial charge in [-0.2, -0.15) is 0 Å². The topological polar surface area (TPSA) is 29.5 Å². The van der Waals surface area contributed by atoms with Crippen LogP contribution in [0.15, 0.2) is 30.3 Å². The molecule has 0 unspecified atom stereocenters. The Balaban J connectivity index is 2.62. The van der Waals surface area contributed by atoms with Gasteiger partial charge in [0.15, 0.2) is 0 Å². The summed E-state index contributed by atoms with van der Waals surface area (Å²) in [5.74, 6) is -0.295. The maximum absolute atomic E-state index is 11.6. The lowest BCUT2D eigenvalue weighted by Gasteiger charge is -2.14. The Morgan fingerprint density at radius 3 is 2.50 bits per heavy atom. The van der Waals surface area contributed by atoms with E-state index >= 15 is 0 Å². The second-order valence-electron chi connectivity index (χ2n) is 4.58. The number of rotatable bonds is 2. The van der Waals surface area contributed by atoms with Crippen molar-refractivity contribution in [3.05, 3.63) is 41.5 Å². The minimum atomic E-state index is -0.295. The lowest BCUT2D eigenvalue weighted by Crippen LogP contribution is -2.08. The number of carbonyl (C=O) groups excluding carboxylic acids is 1. The van der Waals surface area contributed by atoms with Gasteiger partial charge in [-0.15, -0.1) is 0 Å². The molecule has 0 heterocycles. The number of fused-ring (bicyclic) bond motifs is 1. The van der Waals surface area contributed by atoms with Gasteiger partial charge in [0.25, 0.3) is 0 Å². The lowest BCUT2D eigenvalue weighted by atomic mass is 10.0. The van der Waals surface area contributed by atoms with Crippen LogP contribution in [0.25, 0.3) is 10.8 Å². The minimum Gasteiger partial charge on any atom is -0.465 e. The van der Waals surface area contributed by atoms with Crippen molar-refractivity contribution < 1.29 is 9.53 Å². The van der Waals surface area contributed by atoms with Gasteiger partial charge in [0.1, 0.15) is 0 Å². The molecule has 0 N–H and O–H groups in total. The standard InChI is InChI=1S/C15H17NO2/c1-10-7-12(15(17)18-4)8-11-5-6-13(16(2)3)9-14(10)11/h5-9H,1-4H3. The second kappa shape index (κ2) is 4.69. The monoisotopic (exact) mass is 243 g/mol. The highest BCUT2D eigenvalue weighted by molar-refractivity contribution is 5.97. The highest BCUT2D eigenvalue weighted by atomic mass is 16.5. The van der Waals surface area contributed by atoms with Crippen LogP contribution in [0.4, 0.5) is 5.69 Å². The Morgan fingerprint density at radius 1 is 1.17 bits per heavy atom. The molecule has 94 valence electrons. The first-order valence-electron chi connectivity index (χ1n) is 5.83. The van der Waals surface area contributed by atoms with Crippen LogP contribution in [-0.4, -0.2) is 27.2 Å². The van der Waals surface area contributed by atoms with Crippen LogP contribution in [0.1, 0.15) is 15.9 Å². The van der Waals surface area contributed by atoms with Crippen molar-refractivity contribution in [2.45, 2.75) is 6.92 Å². The fourth-order valence-electron chi connectivity index (χ4n) is 2.05. The molecule has 0 aromatic heterocycles. The van der Waals surface area contributed by atoms with Crippen LogP contribution < -0.4 is 4.90 Å². The summed E-state index contributed by atoms with van der Waals surface area (Å²) < 4.78 is 4.75. The van der Waals surface area contributed by atoms with Gasteiger partial charge >= 0.3 is 5.97 Å². The molecule has 0 saturated heterocycles. The molecule has 3 heteroatoms. The highest BCUT2D eigenvalue weighted by Crippen LogP contribution is 2.25. The molecule has 18 heavy (non-hydrogen) atoms. The molecule has 2 aromatic carbocycles. The van der Waals surface area contributed by atoms with E-state index in [9.17, 15) is 4.79 Å². The van der Waals surface area contributed by atoms with Crippen molar-refractivity contribution in [2.24, 2.45) is 0 Å². The number of aryl methyl sites for hydroxylation is 1. The van der Waals surface area contributed by atoms with Gasteiger partial charge in [-0.3, -0.25) is 0 Å². The molecule has 0 atom stereocenters. The number of methoxy groups -OCH3 is 1. The van der Waals surface area contributed by atoms with Crippen molar-refractivity contribution in [3.63, 3.8) is 0 Å². The molecule has 0 fully saturated rings. The predicted molar refractivity (Wildman–Crippen MR) is 74.4 cm³/mol. The molecular weight excluding hydrogens is 226 g/mol. The third-order valence-electron chi connectivity index (χ3n) is 3.08. The zero-order chi connectivity index (χ0) is 13.3.